The molecule has 1 nitrogen and oxygen atoms in total. The lowest BCUT2D eigenvalue weighted by Crippen LogP contribution is -2.41. The summed E-state index contributed by atoms with van der Waals surface area (Å²) in [4.78, 5) is 0. The SMILES string of the molecule is C[C@](O)(C(Br)Br)C1CCCCC1. The van der Waals surface area contributed by atoms with Crippen molar-refractivity contribution in [3.8, 4) is 0 Å². The summed E-state index contributed by atoms with van der Waals surface area (Å²) in [5.74, 6) is 0.454. The second-order valence-corrected chi connectivity index (χ2v) is 6.92. The number of hydrogen-bond acceptors (Lipinski definition) is 1. The van der Waals surface area contributed by atoms with Crippen LogP contribution in [-0.2, 0) is 0 Å². The van der Waals surface area contributed by atoms with Crippen LogP contribution in [0.2, 0.25) is 0 Å². The lowest BCUT2D eigenvalue weighted by molar-refractivity contribution is 0.000964. The first-order valence-corrected chi connectivity index (χ1v) is 6.39. The summed E-state index contributed by atoms with van der Waals surface area (Å²) in [5, 5.41) is 10.1. The fourth-order valence-electron chi connectivity index (χ4n) is 1.87. The first-order chi connectivity index (χ1) is 5.55. The Bertz CT molecular complexity index is 139. The molecule has 1 saturated carbocycles. The molecule has 1 rings (SSSR count). The van der Waals surface area contributed by atoms with Gasteiger partial charge in [0.1, 0.15) is 0 Å². The predicted molar refractivity (Wildman–Crippen MR) is 58.8 cm³/mol. The molecule has 3 heteroatoms. The molecule has 0 saturated heterocycles. The highest BCUT2D eigenvalue weighted by molar-refractivity contribution is 9.24. The minimum atomic E-state index is -0.597. The van der Waals surface area contributed by atoms with E-state index < -0.39 is 5.60 Å². The Labute approximate surface area is 91.2 Å². The molecule has 1 N–H and O–H groups in total. The second kappa shape index (κ2) is 4.43. The Morgan fingerprint density at radius 2 is 1.75 bits per heavy atom. The van der Waals surface area contributed by atoms with Gasteiger partial charge in [-0.1, -0.05) is 51.1 Å². The summed E-state index contributed by atoms with van der Waals surface area (Å²) in [7, 11) is 0. The van der Waals surface area contributed by atoms with Gasteiger partial charge in [-0.05, 0) is 25.7 Å². The molecule has 0 heterocycles. The highest BCUT2D eigenvalue weighted by Crippen LogP contribution is 2.38. The molecular formula is C9H16Br2O. The van der Waals surface area contributed by atoms with Crippen LogP contribution in [0.3, 0.4) is 0 Å². The van der Waals surface area contributed by atoms with E-state index in [4.69, 9.17) is 0 Å². The van der Waals surface area contributed by atoms with E-state index in [1.54, 1.807) is 0 Å². The lowest BCUT2D eigenvalue weighted by Gasteiger charge is -2.36. The first kappa shape index (κ1) is 11.0. The van der Waals surface area contributed by atoms with Crippen LogP contribution in [0.25, 0.3) is 0 Å². The summed E-state index contributed by atoms with van der Waals surface area (Å²) in [6.07, 6.45) is 6.21. The van der Waals surface area contributed by atoms with Gasteiger partial charge in [0.05, 0.1) is 9.34 Å². The van der Waals surface area contributed by atoms with Crippen molar-refractivity contribution < 1.29 is 5.11 Å². The lowest BCUT2D eigenvalue weighted by atomic mass is 9.79. The Balaban J connectivity index is 2.53. The molecule has 0 unspecified atom stereocenters. The van der Waals surface area contributed by atoms with E-state index in [0.29, 0.717) is 5.92 Å². The minimum absolute atomic E-state index is 0.0144. The molecule has 1 aliphatic carbocycles. The van der Waals surface area contributed by atoms with Gasteiger partial charge in [-0.25, -0.2) is 0 Å². The number of hydrogen-bond donors (Lipinski definition) is 1. The van der Waals surface area contributed by atoms with Gasteiger partial charge in [-0.2, -0.15) is 0 Å². The molecule has 0 radical (unpaired) electrons. The van der Waals surface area contributed by atoms with Crippen LogP contribution in [0.15, 0.2) is 0 Å². The van der Waals surface area contributed by atoms with Crippen LogP contribution in [-0.4, -0.2) is 14.4 Å². The van der Waals surface area contributed by atoms with Crippen LogP contribution in [0, 0.1) is 5.92 Å². The van der Waals surface area contributed by atoms with E-state index in [2.05, 4.69) is 31.9 Å². The van der Waals surface area contributed by atoms with Crippen LogP contribution in [0.1, 0.15) is 39.0 Å². The zero-order valence-electron chi connectivity index (χ0n) is 7.39. The van der Waals surface area contributed by atoms with Crippen molar-refractivity contribution in [3.63, 3.8) is 0 Å². The van der Waals surface area contributed by atoms with E-state index in [-0.39, 0.29) is 3.74 Å². The molecule has 12 heavy (non-hydrogen) atoms. The van der Waals surface area contributed by atoms with E-state index in [0.717, 1.165) is 0 Å². The maximum Gasteiger partial charge on any atom is 0.0984 e. The first-order valence-electron chi connectivity index (χ1n) is 4.55. The van der Waals surface area contributed by atoms with Crippen LogP contribution >= 0.6 is 31.9 Å². The molecule has 1 atom stereocenters. The molecular weight excluding hydrogens is 284 g/mol. The molecule has 0 bridgehead atoms. The monoisotopic (exact) mass is 298 g/mol. The van der Waals surface area contributed by atoms with Gasteiger partial charge in [0, 0.05) is 0 Å². The number of rotatable bonds is 2. The number of aliphatic hydroxyl groups is 1. The smallest absolute Gasteiger partial charge is 0.0984 e. The van der Waals surface area contributed by atoms with E-state index in [1.165, 1.54) is 32.1 Å². The third-order valence-corrected chi connectivity index (χ3v) is 4.73. The average Bonchev–Trinajstić information content (AvgIpc) is 2.06. The van der Waals surface area contributed by atoms with Crippen molar-refractivity contribution in [1.82, 2.24) is 0 Å². The molecule has 0 spiro atoms. The largest absolute Gasteiger partial charge is 0.388 e. The van der Waals surface area contributed by atoms with Gasteiger partial charge in [0.25, 0.3) is 0 Å². The molecule has 1 aliphatic rings. The standard InChI is InChI=1S/C9H16Br2O/c1-9(12,8(10)11)7-5-3-2-4-6-7/h7-8,12H,2-6H2,1H3/t9-/m1/s1. The zero-order chi connectivity index (χ0) is 9.19. The summed E-state index contributed by atoms with van der Waals surface area (Å²) in [5.41, 5.74) is -0.597. The number of halogens is 2. The van der Waals surface area contributed by atoms with Crippen LogP contribution in [0.5, 0.6) is 0 Å². The molecule has 0 aromatic heterocycles. The van der Waals surface area contributed by atoms with Crippen molar-refractivity contribution in [2.75, 3.05) is 0 Å². The van der Waals surface area contributed by atoms with Gasteiger partial charge in [-0.3, -0.25) is 0 Å². The highest BCUT2D eigenvalue weighted by atomic mass is 79.9. The van der Waals surface area contributed by atoms with Crippen molar-refractivity contribution in [1.29, 1.82) is 0 Å². The molecule has 0 amide bonds. The van der Waals surface area contributed by atoms with Gasteiger partial charge < -0.3 is 5.11 Å². The van der Waals surface area contributed by atoms with Crippen LogP contribution < -0.4 is 0 Å². The Morgan fingerprint density at radius 1 is 1.25 bits per heavy atom. The summed E-state index contributed by atoms with van der Waals surface area (Å²) < 4.78 is 0.0144. The van der Waals surface area contributed by atoms with Crippen molar-refractivity contribution in [2.45, 2.75) is 48.4 Å². The predicted octanol–water partition coefficient (Wildman–Crippen LogP) is 3.43. The maximum absolute atomic E-state index is 10.1. The van der Waals surface area contributed by atoms with E-state index >= 15 is 0 Å². The summed E-state index contributed by atoms with van der Waals surface area (Å²) in [6, 6.07) is 0. The zero-order valence-corrected chi connectivity index (χ0v) is 10.6. The van der Waals surface area contributed by atoms with Crippen molar-refractivity contribution in [2.24, 2.45) is 5.92 Å². The molecule has 72 valence electrons. The molecule has 0 aliphatic heterocycles. The fourth-order valence-corrected chi connectivity index (χ4v) is 2.61. The van der Waals surface area contributed by atoms with Gasteiger partial charge in [0.15, 0.2) is 0 Å². The van der Waals surface area contributed by atoms with E-state index in [1.807, 2.05) is 6.92 Å². The van der Waals surface area contributed by atoms with Crippen molar-refractivity contribution in [3.05, 3.63) is 0 Å². The average molecular weight is 300 g/mol. The molecule has 0 aromatic carbocycles. The maximum atomic E-state index is 10.1. The molecule has 1 fully saturated rings. The van der Waals surface area contributed by atoms with Gasteiger partial charge >= 0.3 is 0 Å². The quantitative estimate of drug-likeness (QED) is 0.775. The van der Waals surface area contributed by atoms with Gasteiger partial charge in [0.2, 0.25) is 0 Å². The van der Waals surface area contributed by atoms with Crippen molar-refractivity contribution >= 4 is 31.9 Å². The summed E-state index contributed by atoms with van der Waals surface area (Å²) >= 11 is 6.80. The fraction of sp³-hybridized carbons (Fsp3) is 1.00. The van der Waals surface area contributed by atoms with Crippen LogP contribution in [0.4, 0.5) is 0 Å². The third-order valence-electron chi connectivity index (χ3n) is 2.87. The Morgan fingerprint density at radius 3 is 2.17 bits per heavy atom. The van der Waals surface area contributed by atoms with E-state index in [9.17, 15) is 5.11 Å². The molecule has 0 aromatic rings. The summed E-state index contributed by atoms with van der Waals surface area (Å²) in [6.45, 7) is 1.91. The Kier molecular flexibility index (Phi) is 4.06. The third kappa shape index (κ3) is 2.46. The normalized spacial score (nSPS) is 25.8. The Hall–Kier alpha value is 0.920. The number of alkyl halides is 2. The van der Waals surface area contributed by atoms with Gasteiger partial charge in [-0.15, -0.1) is 0 Å². The topological polar surface area (TPSA) is 20.2 Å². The second-order valence-electron chi connectivity index (χ2n) is 3.86. The minimum Gasteiger partial charge on any atom is -0.388 e. The highest BCUT2D eigenvalue weighted by Gasteiger charge is 2.37.